The highest BCUT2D eigenvalue weighted by molar-refractivity contribution is 9.10. The summed E-state index contributed by atoms with van der Waals surface area (Å²) in [6, 6.07) is 17.7. The molecule has 1 heterocycles. The van der Waals surface area contributed by atoms with Gasteiger partial charge in [0.15, 0.2) is 0 Å². The van der Waals surface area contributed by atoms with E-state index in [9.17, 15) is 14.9 Å². The predicted octanol–water partition coefficient (Wildman–Crippen LogP) is 4.76. The fraction of sp³-hybridized carbons (Fsp3) is 0.0526. The maximum atomic E-state index is 12.5. The number of ether oxygens (including phenoxy) is 1. The number of carbonyl (C=O) groups excluding carboxylic acids is 1. The summed E-state index contributed by atoms with van der Waals surface area (Å²) < 4.78 is 6.51. The zero-order chi connectivity index (χ0) is 19.9. The number of hydrazone groups is 1. The van der Waals surface area contributed by atoms with Gasteiger partial charge in [0.25, 0.3) is 5.91 Å². The Morgan fingerprint density at radius 1 is 1.21 bits per heavy atom. The number of hydrogen-bond acceptors (Lipinski definition) is 6. The molecule has 0 spiro atoms. The van der Waals surface area contributed by atoms with Gasteiger partial charge in [-0.2, -0.15) is 5.10 Å². The molecule has 0 saturated carbocycles. The summed E-state index contributed by atoms with van der Waals surface area (Å²) in [6.07, 6.45) is 1.36. The van der Waals surface area contributed by atoms with Crippen LogP contribution in [-0.4, -0.2) is 17.0 Å². The minimum atomic E-state index is -0.474. The molecule has 0 aliphatic carbocycles. The van der Waals surface area contributed by atoms with Crippen LogP contribution < -0.4 is 10.2 Å². The number of thiophene rings is 1. The van der Waals surface area contributed by atoms with Crippen LogP contribution in [0.1, 0.15) is 20.8 Å². The van der Waals surface area contributed by atoms with Gasteiger partial charge in [-0.25, -0.2) is 5.43 Å². The number of nitro groups is 1. The Morgan fingerprint density at radius 2 is 2.00 bits per heavy atom. The average molecular weight is 460 g/mol. The lowest BCUT2D eigenvalue weighted by molar-refractivity contribution is -0.380. The van der Waals surface area contributed by atoms with Crippen LogP contribution in [0.2, 0.25) is 0 Å². The molecule has 28 heavy (non-hydrogen) atoms. The highest BCUT2D eigenvalue weighted by Gasteiger charge is 2.13. The zero-order valence-corrected chi connectivity index (χ0v) is 16.8. The highest BCUT2D eigenvalue weighted by atomic mass is 79.9. The van der Waals surface area contributed by atoms with Crippen molar-refractivity contribution in [1.29, 1.82) is 0 Å². The van der Waals surface area contributed by atoms with Crippen molar-refractivity contribution in [2.45, 2.75) is 6.61 Å². The van der Waals surface area contributed by atoms with Crippen molar-refractivity contribution in [3.8, 4) is 5.75 Å². The molecule has 7 nitrogen and oxygen atoms in total. The first-order chi connectivity index (χ1) is 13.5. The molecule has 9 heteroatoms. The minimum absolute atomic E-state index is 0.0105. The summed E-state index contributed by atoms with van der Waals surface area (Å²) in [4.78, 5) is 23.3. The van der Waals surface area contributed by atoms with Crippen molar-refractivity contribution in [2.75, 3.05) is 0 Å². The van der Waals surface area contributed by atoms with Gasteiger partial charge in [0.2, 0.25) is 0 Å². The molecule has 3 aromatic rings. The summed E-state index contributed by atoms with van der Waals surface area (Å²) in [7, 11) is 0. The second-order valence-corrected chi connectivity index (χ2v) is 7.56. The van der Waals surface area contributed by atoms with E-state index in [0.717, 1.165) is 21.4 Å². The van der Waals surface area contributed by atoms with Gasteiger partial charge in [-0.15, -0.1) is 0 Å². The van der Waals surface area contributed by atoms with Crippen LogP contribution in [0, 0.1) is 10.1 Å². The van der Waals surface area contributed by atoms with E-state index >= 15 is 0 Å². The van der Waals surface area contributed by atoms with Crippen molar-refractivity contribution < 1.29 is 14.5 Å². The molecule has 1 N–H and O–H groups in total. The quantitative estimate of drug-likeness (QED) is 0.313. The van der Waals surface area contributed by atoms with Crippen LogP contribution in [0.15, 0.2) is 70.2 Å². The van der Waals surface area contributed by atoms with Gasteiger partial charge in [0.1, 0.15) is 12.4 Å². The molecule has 1 amide bonds. The third-order valence-electron chi connectivity index (χ3n) is 3.57. The van der Waals surface area contributed by atoms with Gasteiger partial charge in [0.05, 0.1) is 21.6 Å². The van der Waals surface area contributed by atoms with Crippen molar-refractivity contribution in [3.05, 3.63) is 91.3 Å². The summed E-state index contributed by atoms with van der Waals surface area (Å²) in [5.74, 6) is -0.0295. The minimum Gasteiger partial charge on any atom is -0.488 e. The molecular formula is C19H14BrN3O4S. The summed E-state index contributed by atoms with van der Waals surface area (Å²) in [6.45, 7) is 0.324. The zero-order valence-electron chi connectivity index (χ0n) is 14.4. The summed E-state index contributed by atoms with van der Waals surface area (Å²) in [5.41, 5.74) is 3.72. The first kappa shape index (κ1) is 19.7. The molecule has 0 atom stereocenters. The lowest BCUT2D eigenvalue weighted by atomic mass is 10.2. The molecule has 3 rings (SSSR count). The number of benzene rings is 2. The maximum Gasteiger partial charge on any atom is 0.324 e. The van der Waals surface area contributed by atoms with Crippen LogP contribution >= 0.6 is 27.3 Å². The standard InChI is InChI=1S/C19H14BrN3O4S/c20-14-6-8-17(27-12-13-4-2-1-3-5-13)16(10-14)19(24)22-21-11-15-7-9-18(28-15)23(25)26/h1-11H,12H2,(H,22,24). The van der Waals surface area contributed by atoms with Crippen LogP contribution in [0.3, 0.4) is 0 Å². The number of nitrogens with zero attached hydrogens (tertiary/aromatic N) is 2. The van der Waals surface area contributed by atoms with Crippen molar-refractivity contribution >= 4 is 44.4 Å². The predicted molar refractivity (Wildman–Crippen MR) is 111 cm³/mol. The Labute approximate surface area is 172 Å². The van der Waals surface area contributed by atoms with Gasteiger partial charge < -0.3 is 4.74 Å². The number of halogens is 1. The molecule has 0 aliphatic heterocycles. The van der Waals surface area contributed by atoms with E-state index in [1.54, 1.807) is 24.3 Å². The number of nitrogens with one attached hydrogen (secondary N) is 1. The monoisotopic (exact) mass is 459 g/mol. The van der Waals surface area contributed by atoms with E-state index in [-0.39, 0.29) is 5.00 Å². The van der Waals surface area contributed by atoms with E-state index in [1.165, 1.54) is 12.3 Å². The molecule has 142 valence electrons. The Hall–Kier alpha value is -3.04. The fourth-order valence-electron chi connectivity index (χ4n) is 2.27. The third kappa shape index (κ3) is 5.24. The van der Waals surface area contributed by atoms with E-state index in [0.29, 0.717) is 22.8 Å². The van der Waals surface area contributed by atoms with Crippen molar-refractivity contribution in [2.24, 2.45) is 5.10 Å². The van der Waals surface area contributed by atoms with E-state index in [4.69, 9.17) is 4.74 Å². The molecule has 0 radical (unpaired) electrons. The number of rotatable bonds is 7. The van der Waals surface area contributed by atoms with Crippen LogP contribution in [0.4, 0.5) is 5.00 Å². The van der Waals surface area contributed by atoms with Crippen molar-refractivity contribution in [3.63, 3.8) is 0 Å². The summed E-state index contributed by atoms with van der Waals surface area (Å²) in [5, 5.41) is 14.6. The Balaban J connectivity index is 1.68. The number of carbonyl (C=O) groups is 1. The van der Waals surface area contributed by atoms with Crippen LogP contribution in [-0.2, 0) is 6.61 Å². The van der Waals surface area contributed by atoms with Gasteiger partial charge in [0, 0.05) is 10.5 Å². The fourth-order valence-corrected chi connectivity index (χ4v) is 3.32. The van der Waals surface area contributed by atoms with Gasteiger partial charge in [-0.05, 0) is 29.8 Å². The van der Waals surface area contributed by atoms with Crippen molar-refractivity contribution in [1.82, 2.24) is 5.43 Å². The van der Waals surface area contributed by atoms with Gasteiger partial charge >= 0.3 is 5.00 Å². The first-order valence-corrected chi connectivity index (χ1v) is 9.68. The smallest absolute Gasteiger partial charge is 0.324 e. The second-order valence-electron chi connectivity index (χ2n) is 5.55. The lowest BCUT2D eigenvalue weighted by Crippen LogP contribution is -2.18. The maximum absolute atomic E-state index is 12.5. The van der Waals surface area contributed by atoms with E-state index in [2.05, 4.69) is 26.5 Å². The first-order valence-electron chi connectivity index (χ1n) is 8.07. The number of amides is 1. The Morgan fingerprint density at radius 3 is 2.71 bits per heavy atom. The highest BCUT2D eigenvalue weighted by Crippen LogP contribution is 2.25. The molecular weight excluding hydrogens is 446 g/mol. The number of hydrogen-bond donors (Lipinski definition) is 1. The van der Waals surface area contributed by atoms with Gasteiger partial charge in [-0.3, -0.25) is 14.9 Å². The van der Waals surface area contributed by atoms with E-state index < -0.39 is 10.8 Å². The largest absolute Gasteiger partial charge is 0.488 e. The molecule has 0 unspecified atom stereocenters. The van der Waals surface area contributed by atoms with Gasteiger partial charge in [-0.1, -0.05) is 57.6 Å². The SMILES string of the molecule is O=C(NN=Cc1ccc([N+](=O)[O-])s1)c1cc(Br)ccc1OCc1ccccc1. The molecule has 0 aliphatic rings. The average Bonchev–Trinajstić information content (AvgIpc) is 3.17. The molecule has 1 aromatic heterocycles. The normalized spacial score (nSPS) is 10.8. The molecule has 2 aromatic carbocycles. The molecule has 0 bridgehead atoms. The molecule has 0 saturated heterocycles. The lowest BCUT2D eigenvalue weighted by Gasteiger charge is -2.11. The second kappa shape index (κ2) is 9.25. The van der Waals surface area contributed by atoms with E-state index in [1.807, 2.05) is 30.3 Å². The third-order valence-corrected chi connectivity index (χ3v) is 5.04. The Kier molecular flexibility index (Phi) is 6.51. The topological polar surface area (TPSA) is 93.8 Å². The Bertz CT molecular complexity index is 1020. The summed E-state index contributed by atoms with van der Waals surface area (Å²) >= 11 is 4.31. The van der Waals surface area contributed by atoms with Crippen LogP contribution in [0.5, 0.6) is 5.75 Å². The molecule has 0 fully saturated rings. The van der Waals surface area contributed by atoms with Crippen LogP contribution in [0.25, 0.3) is 0 Å².